The molecule has 5 heteroatoms. The standard InChI is InChI=1S/C16H19Cl3O2/c1-3-16(5-6-16)10(2)4-7-21-15(20)12-8-11(17)9-13(18)14(12)19/h8-10H,3-7H2,1-2H3. The van der Waals surface area contributed by atoms with Crippen LogP contribution in [0, 0.1) is 11.3 Å². The Hall–Kier alpha value is -0.440. The van der Waals surface area contributed by atoms with Crippen molar-refractivity contribution < 1.29 is 9.53 Å². The van der Waals surface area contributed by atoms with Gasteiger partial charge in [-0.2, -0.15) is 0 Å². The molecule has 1 saturated carbocycles. The van der Waals surface area contributed by atoms with Gasteiger partial charge in [0.1, 0.15) is 0 Å². The van der Waals surface area contributed by atoms with Gasteiger partial charge in [0.2, 0.25) is 0 Å². The van der Waals surface area contributed by atoms with Gasteiger partial charge in [-0.1, -0.05) is 55.1 Å². The molecule has 0 amide bonds. The quantitative estimate of drug-likeness (QED) is 0.463. The fourth-order valence-electron chi connectivity index (χ4n) is 2.77. The average Bonchev–Trinajstić information content (AvgIpc) is 3.23. The number of hydrogen-bond acceptors (Lipinski definition) is 2. The highest BCUT2D eigenvalue weighted by Crippen LogP contribution is 2.55. The van der Waals surface area contributed by atoms with Crippen molar-refractivity contribution in [3.63, 3.8) is 0 Å². The number of halogens is 3. The Morgan fingerprint density at radius 1 is 1.33 bits per heavy atom. The van der Waals surface area contributed by atoms with Crippen LogP contribution in [-0.2, 0) is 4.74 Å². The minimum atomic E-state index is -0.474. The van der Waals surface area contributed by atoms with Crippen molar-refractivity contribution in [1.82, 2.24) is 0 Å². The van der Waals surface area contributed by atoms with E-state index in [1.165, 1.54) is 31.4 Å². The summed E-state index contributed by atoms with van der Waals surface area (Å²) >= 11 is 17.8. The van der Waals surface area contributed by atoms with Crippen molar-refractivity contribution in [3.8, 4) is 0 Å². The Morgan fingerprint density at radius 3 is 2.57 bits per heavy atom. The van der Waals surface area contributed by atoms with Gasteiger partial charge < -0.3 is 4.74 Å². The molecular formula is C16H19Cl3O2. The summed E-state index contributed by atoms with van der Waals surface area (Å²) < 4.78 is 5.32. The number of hydrogen-bond donors (Lipinski definition) is 0. The fourth-order valence-corrected chi connectivity index (χ4v) is 3.45. The summed E-state index contributed by atoms with van der Waals surface area (Å²) in [5.41, 5.74) is 0.696. The summed E-state index contributed by atoms with van der Waals surface area (Å²) in [4.78, 5) is 12.1. The summed E-state index contributed by atoms with van der Waals surface area (Å²) in [6.07, 6.45) is 4.63. The molecule has 0 N–H and O–H groups in total. The van der Waals surface area contributed by atoms with Gasteiger partial charge in [-0.25, -0.2) is 4.79 Å². The molecule has 1 aromatic rings. The molecule has 1 unspecified atom stereocenters. The van der Waals surface area contributed by atoms with Gasteiger partial charge in [0.05, 0.1) is 22.2 Å². The average molecular weight is 350 g/mol. The third-order valence-corrected chi connectivity index (χ3v) is 5.66. The first-order valence-electron chi connectivity index (χ1n) is 7.21. The molecule has 2 nitrogen and oxygen atoms in total. The molecular weight excluding hydrogens is 331 g/mol. The number of ether oxygens (including phenoxy) is 1. The molecule has 1 aliphatic carbocycles. The maximum Gasteiger partial charge on any atom is 0.339 e. The molecule has 0 aliphatic heterocycles. The molecule has 1 aromatic carbocycles. The summed E-state index contributed by atoms with van der Waals surface area (Å²) in [6, 6.07) is 2.98. The Kier molecular flexibility index (Phi) is 5.45. The monoisotopic (exact) mass is 348 g/mol. The van der Waals surface area contributed by atoms with Gasteiger partial charge in [-0.15, -0.1) is 0 Å². The molecule has 1 fully saturated rings. The van der Waals surface area contributed by atoms with E-state index in [-0.39, 0.29) is 15.6 Å². The molecule has 2 rings (SSSR count). The zero-order chi connectivity index (χ0) is 15.6. The van der Waals surface area contributed by atoms with E-state index in [9.17, 15) is 4.79 Å². The molecule has 21 heavy (non-hydrogen) atoms. The van der Waals surface area contributed by atoms with Crippen LogP contribution in [0.1, 0.15) is 49.9 Å². The number of carbonyl (C=O) groups is 1. The van der Waals surface area contributed by atoms with Gasteiger partial charge in [0, 0.05) is 5.02 Å². The van der Waals surface area contributed by atoms with Crippen LogP contribution in [0.4, 0.5) is 0 Å². The Morgan fingerprint density at radius 2 is 2.00 bits per heavy atom. The molecule has 0 bridgehead atoms. The van der Waals surface area contributed by atoms with E-state index in [4.69, 9.17) is 39.5 Å². The van der Waals surface area contributed by atoms with E-state index in [1.54, 1.807) is 0 Å². The molecule has 1 aliphatic rings. The number of carbonyl (C=O) groups excluding carboxylic acids is 1. The Bertz CT molecular complexity index is 539. The lowest BCUT2D eigenvalue weighted by atomic mass is 9.86. The predicted molar refractivity (Wildman–Crippen MR) is 87.5 cm³/mol. The highest BCUT2D eigenvalue weighted by Gasteiger charge is 2.44. The maximum absolute atomic E-state index is 12.1. The Labute approximate surface area is 140 Å². The highest BCUT2D eigenvalue weighted by atomic mass is 35.5. The Balaban J connectivity index is 1.91. The lowest BCUT2D eigenvalue weighted by Gasteiger charge is -2.21. The van der Waals surface area contributed by atoms with Gasteiger partial charge in [-0.05, 0) is 42.7 Å². The van der Waals surface area contributed by atoms with Crippen molar-refractivity contribution in [2.24, 2.45) is 11.3 Å². The molecule has 0 aromatic heterocycles. The van der Waals surface area contributed by atoms with E-state index < -0.39 is 5.97 Å². The summed E-state index contributed by atoms with van der Waals surface area (Å²) in [6.45, 7) is 4.85. The van der Waals surface area contributed by atoms with Crippen molar-refractivity contribution >= 4 is 40.8 Å². The molecule has 0 heterocycles. The first-order valence-corrected chi connectivity index (χ1v) is 8.34. The van der Waals surface area contributed by atoms with Crippen LogP contribution in [0.3, 0.4) is 0 Å². The summed E-state index contributed by atoms with van der Waals surface area (Å²) in [7, 11) is 0. The van der Waals surface area contributed by atoms with Crippen LogP contribution in [0.15, 0.2) is 12.1 Å². The molecule has 116 valence electrons. The minimum absolute atomic E-state index is 0.186. The van der Waals surface area contributed by atoms with Crippen LogP contribution < -0.4 is 0 Å². The second kappa shape index (κ2) is 6.76. The van der Waals surface area contributed by atoms with E-state index in [0.29, 0.717) is 23.0 Å². The van der Waals surface area contributed by atoms with Gasteiger partial charge in [0.15, 0.2) is 0 Å². The second-order valence-electron chi connectivity index (χ2n) is 5.79. The molecule has 1 atom stereocenters. The van der Waals surface area contributed by atoms with Gasteiger partial charge in [-0.3, -0.25) is 0 Å². The zero-order valence-electron chi connectivity index (χ0n) is 12.2. The van der Waals surface area contributed by atoms with Crippen LogP contribution in [-0.4, -0.2) is 12.6 Å². The largest absolute Gasteiger partial charge is 0.462 e. The van der Waals surface area contributed by atoms with Crippen LogP contribution in [0.5, 0.6) is 0 Å². The van der Waals surface area contributed by atoms with Crippen LogP contribution in [0.25, 0.3) is 0 Å². The molecule has 0 radical (unpaired) electrons. The maximum atomic E-state index is 12.1. The lowest BCUT2D eigenvalue weighted by molar-refractivity contribution is 0.0469. The molecule has 0 saturated heterocycles. The minimum Gasteiger partial charge on any atom is -0.462 e. The lowest BCUT2D eigenvalue weighted by Crippen LogP contribution is -2.16. The smallest absolute Gasteiger partial charge is 0.339 e. The second-order valence-corrected chi connectivity index (χ2v) is 7.01. The topological polar surface area (TPSA) is 26.3 Å². The molecule has 0 spiro atoms. The predicted octanol–water partition coefficient (Wildman–Crippen LogP) is 6.02. The summed E-state index contributed by atoms with van der Waals surface area (Å²) in [5.74, 6) is 0.0895. The summed E-state index contributed by atoms with van der Waals surface area (Å²) in [5, 5.41) is 0.811. The zero-order valence-corrected chi connectivity index (χ0v) is 14.5. The van der Waals surface area contributed by atoms with Crippen LogP contribution >= 0.6 is 34.8 Å². The van der Waals surface area contributed by atoms with Crippen molar-refractivity contribution in [1.29, 1.82) is 0 Å². The van der Waals surface area contributed by atoms with E-state index in [2.05, 4.69) is 13.8 Å². The van der Waals surface area contributed by atoms with E-state index in [1.807, 2.05) is 0 Å². The van der Waals surface area contributed by atoms with Crippen molar-refractivity contribution in [3.05, 3.63) is 32.8 Å². The third-order valence-electron chi connectivity index (χ3n) is 4.64. The van der Waals surface area contributed by atoms with E-state index >= 15 is 0 Å². The first-order chi connectivity index (χ1) is 9.89. The third kappa shape index (κ3) is 3.85. The number of benzene rings is 1. The van der Waals surface area contributed by atoms with Gasteiger partial charge >= 0.3 is 5.97 Å². The first kappa shape index (κ1) is 16.9. The van der Waals surface area contributed by atoms with Gasteiger partial charge in [0.25, 0.3) is 0 Å². The van der Waals surface area contributed by atoms with Crippen LogP contribution in [0.2, 0.25) is 15.1 Å². The normalized spacial score (nSPS) is 17.4. The van der Waals surface area contributed by atoms with E-state index in [0.717, 1.165) is 6.42 Å². The highest BCUT2D eigenvalue weighted by molar-refractivity contribution is 6.45. The van der Waals surface area contributed by atoms with Crippen molar-refractivity contribution in [2.75, 3.05) is 6.61 Å². The fraction of sp³-hybridized carbons (Fsp3) is 0.562. The number of esters is 1. The van der Waals surface area contributed by atoms with Crippen molar-refractivity contribution in [2.45, 2.75) is 39.5 Å². The number of rotatable bonds is 6. The SMILES string of the molecule is CCC1(C(C)CCOC(=O)c2cc(Cl)cc(Cl)c2Cl)CC1.